The van der Waals surface area contributed by atoms with Crippen LogP contribution in [0, 0.1) is 0 Å². The van der Waals surface area contributed by atoms with Crippen molar-refractivity contribution in [3.8, 4) is 0 Å². The van der Waals surface area contributed by atoms with Crippen molar-refractivity contribution < 1.29 is 9.47 Å². The number of ether oxygens (including phenoxy) is 2. The molecule has 2 heteroatoms. The minimum absolute atomic E-state index is 0.301. The molecule has 1 fully saturated rings. The van der Waals surface area contributed by atoms with Crippen LogP contribution in [-0.2, 0) is 15.1 Å². The Labute approximate surface area is 84.8 Å². The van der Waals surface area contributed by atoms with Crippen molar-refractivity contribution >= 4 is 0 Å². The van der Waals surface area contributed by atoms with Crippen molar-refractivity contribution in [1.82, 2.24) is 0 Å². The van der Waals surface area contributed by atoms with Crippen molar-refractivity contribution in [2.75, 3.05) is 6.61 Å². The normalized spacial score (nSPS) is 30.5. The molecule has 2 rings (SSSR count). The number of hydrogen-bond acceptors (Lipinski definition) is 2. The first-order valence-electron chi connectivity index (χ1n) is 4.92. The molecule has 1 aliphatic heterocycles. The van der Waals surface area contributed by atoms with E-state index in [-0.39, 0.29) is 5.60 Å². The minimum Gasteiger partial charge on any atom is -0.347 e. The van der Waals surface area contributed by atoms with E-state index in [9.17, 15) is 0 Å². The summed E-state index contributed by atoms with van der Waals surface area (Å²) in [5.41, 5.74) is 0.871. The van der Waals surface area contributed by atoms with Crippen LogP contribution in [0.3, 0.4) is 0 Å². The Hall–Kier alpha value is -0.860. The topological polar surface area (TPSA) is 18.5 Å². The number of benzene rings is 1. The fourth-order valence-electron chi connectivity index (χ4n) is 1.85. The van der Waals surface area contributed by atoms with Gasteiger partial charge in [-0.1, -0.05) is 30.3 Å². The molecule has 2 nitrogen and oxygen atoms in total. The highest BCUT2D eigenvalue weighted by Gasteiger charge is 2.42. The Bertz CT molecular complexity index is 318. The van der Waals surface area contributed by atoms with Gasteiger partial charge in [0.2, 0.25) is 0 Å². The smallest absolute Gasteiger partial charge is 0.164 e. The molecule has 0 spiro atoms. The van der Waals surface area contributed by atoms with Crippen molar-refractivity contribution in [2.24, 2.45) is 0 Å². The van der Waals surface area contributed by atoms with Gasteiger partial charge in [0.15, 0.2) is 5.79 Å². The Morgan fingerprint density at radius 3 is 2.21 bits per heavy atom. The summed E-state index contributed by atoms with van der Waals surface area (Å²) in [5, 5.41) is 0. The average molecular weight is 192 g/mol. The quantitative estimate of drug-likeness (QED) is 0.681. The van der Waals surface area contributed by atoms with E-state index in [1.807, 2.05) is 32.0 Å². The third-order valence-electron chi connectivity index (χ3n) is 2.55. The maximum atomic E-state index is 5.90. The lowest BCUT2D eigenvalue weighted by Crippen LogP contribution is -2.28. The molecule has 0 unspecified atom stereocenters. The molecule has 14 heavy (non-hydrogen) atoms. The molecule has 1 heterocycles. The van der Waals surface area contributed by atoms with Gasteiger partial charge in [0.25, 0.3) is 0 Å². The molecule has 1 atom stereocenters. The van der Waals surface area contributed by atoms with Crippen LogP contribution in [0.2, 0.25) is 0 Å². The van der Waals surface area contributed by atoms with Gasteiger partial charge in [-0.2, -0.15) is 0 Å². The maximum Gasteiger partial charge on any atom is 0.164 e. The zero-order valence-corrected chi connectivity index (χ0v) is 8.91. The summed E-state index contributed by atoms with van der Waals surface area (Å²) in [6.45, 7) is 6.57. The molecule has 1 saturated heterocycles. The maximum absolute atomic E-state index is 5.90. The molecular formula is C12H16O2. The third kappa shape index (κ3) is 1.68. The summed E-state index contributed by atoms with van der Waals surface area (Å²) in [7, 11) is 0. The van der Waals surface area contributed by atoms with Crippen LogP contribution in [0.25, 0.3) is 0 Å². The molecule has 0 radical (unpaired) electrons. The van der Waals surface area contributed by atoms with Gasteiger partial charge in [-0.15, -0.1) is 0 Å². The average Bonchev–Trinajstić information content (AvgIpc) is 2.44. The van der Waals surface area contributed by atoms with Gasteiger partial charge in [-0.05, 0) is 26.3 Å². The fraction of sp³-hybridized carbons (Fsp3) is 0.500. The molecule has 0 aliphatic carbocycles. The molecule has 1 aliphatic rings. The molecule has 0 saturated carbocycles. The van der Waals surface area contributed by atoms with Crippen LogP contribution >= 0.6 is 0 Å². The number of hydrogen-bond donors (Lipinski definition) is 0. The van der Waals surface area contributed by atoms with Crippen LogP contribution in [0.1, 0.15) is 26.3 Å². The van der Waals surface area contributed by atoms with Crippen molar-refractivity contribution in [1.29, 1.82) is 0 Å². The number of rotatable bonds is 1. The lowest BCUT2D eigenvalue weighted by molar-refractivity contribution is -0.159. The third-order valence-corrected chi connectivity index (χ3v) is 2.55. The molecule has 1 aromatic carbocycles. The molecule has 0 aromatic heterocycles. The standard InChI is InChI=1S/C12H16O2/c1-11(2)13-9-12(3,14-11)10-7-5-4-6-8-10/h4-8H,9H2,1-3H3/t12-/m1/s1. The van der Waals surface area contributed by atoms with E-state index >= 15 is 0 Å². The van der Waals surface area contributed by atoms with Crippen LogP contribution < -0.4 is 0 Å². The largest absolute Gasteiger partial charge is 0.347 e. The highest BCUT2D eigenvalue weighted by atomic mass is 16.8. The molecule has 0 bridgehead atoms. The lowest BCUT2D eigenvalue weighted by atomic mass is 9.97. The predicted octanol–water partition coefficient (Wildman–Crippen LogP) is 2.68. The van der Waals surface area contributed by atoms with Crippen LogP contribution in [0.4, 0.5) is 0 Å². The first-order valence-corrected chi connectivity index (χ1v) is 4.92. The van der Waals surface area contributed by atoms with Gasteiger partial charge in [0.1, 0.15) is 5.60 Å². The molecule has 0 N–H and O–H groups in total. The Balaban J connectivity index is 2.27. The van der Waals surface area contributed by atoms with Crippen LogP contribution in [-0.4, -0.2) is 12.4 Å². The molecule has 1 aromatic rings. The van der Waals surface area contributed by atoms with Gasteiger partial charge >= 0.3 is 0 Å². The van der Waals surface area contributed by atoms with Gasteiger partial charge in [0, 0.05) is 0 Å². The summed E-state index contributed by atoms with van der Waals surface area (Å²) in [5.74, 6) is -0.468. The van der Waals surface area contributed by atoms with E-state index in [0.29, 0.717) is 6.61 Å². The van der Waals surface area contributed by atoms with Crippen molar-refractivity contribution in [3.63, 3.8) is 0 Å². The molecule has 76 valence electrons. The van der Waals surface area contributed by atoms with E-state index in [1.54, 1.807) is 0 Å². The van der Waals surface area contributed by atoms with E-state index in [4.69, 9.17) is 9.47 Å². The summed E-state index contributed by atoms with van der Waals surface area (Å²) < 4.78 is 11.5. The van der Waals surface area contributed by atoms with Crippen molar-refractivity contribution in [3.05, 3.63) is 35.9 Å². The lowest BCUT2D eigenvalue weighted by Gasteiger charge is -2.25. The van der Waals surface area contributed by atoms with Crippen LogP contribution in [0.15, 0.2) is 30.3 Å². The van der Waals surface area contributed by atoms with E-state index in [2.05, 4.69) is 19.1 Å². The second-order valence-corrected chi connectivity index (χ2v) is 4.39. The first kappa shape index (κ1) is 9.69. The monoisotopic (exact) mass is 192 g/mol. The zero-order chi connectivity index (χ0) is 10.2. The summed E-state index contributed by atoms with van der Waals surface area (Å²) in [6.07, 6.45) is 0. The second kappa shape index (κ2) is 3.07. The Morgan fingerprint density at radius 1 is 1.07 bits per heavy atom. The van der Waals surface area contributed by atoms with Crippen molar-refractivity contribution in [2.45, 2.75) is 32.2 Å². The zero-order valence-electron chi connectivity index (χ0n) is 8.91. The summed E-state index contributed by atoms with van der Waals surface area (Å²) >= 11 is 0. The van der Waals surface area contributed by atoms with Gasteiger partial charge < -0.3 is 9.47 Å². The Kier molecular flexibility index (Phi) is 2.13. The predicted molar refractivity (Wildman–Crippen MR) is 54.9 cm³/mol. The highest BCUT2D eigenvalue weighted by molar-refractivity contribution is 5.22. The first-order chi connectivity index (χ1) is 6.52. The summed E-state index contributed by atoms with van der Waals surface area (Å²) in [6, 6.07) is 10.2. The SMILES string of the molecule is CC1(C)OC[C@](C)(c2ccccc2)O1. The molecular weight excluding hydrogens is 176 g/mol. The van der Waals surface area contributed by atoms with Crippen LogP contribution in [0.5, 0.6) is 0 Å². The van der Waals surface area contributed by atoms with E-state index in [1.165, 1.54) is 5.56 Å². The van der Waals surface area contributed by atoms with Gasteiger partial charge in [-0.25, -0.2) is 0 Å². The minimum atomic E-state index is -0.468. The van der Waals surface area contributed by atoms with E-state index < -0.39 is 5.79 Å². The second-order valence-electron chi connectivity index (χ2n) is 4.39. The highest BCUT2D eigenvalue weighted by Crippen LogP contribution is 2.37. The van der Waals surface area contributed by atoms with E-state index in [0.717, 1.165) is 0 Å². The van der Waals surface area contributed by atoms with Gasteiger partial charge in [0.05, 0.1) is 6.61 Å². The van der Waals surface area contributed by atoms with Gasteiger partial charge in [-0.3, -0.25) is 0 Å². The Morgan fingerprint density at radius 2 is 1.71 bits per heavy atom. The molecule has 0 amide bonds. The fourth-order valence-corrected chi connectivity index (χ4v) is 1.85. The summed E-state index contributed by atoms with van der Waals surface area (Å²) in [4.78, 5) is 0.